The molecule has 4 heterocycles. The normalized spacial score (nSPS) is 26.8. The topological polar surface area (TPSA) is 50.9 Å². The molecular formula is C19H25N3O3. The number of hydrogen-bond acceptors (Lipinski definition) is 4. The lowest BCUT2D eigenvalue weighted by atomic mass is 9.88. The molecule has 0 saturated carbocycles. The summed E-state index contributed by atoms with van der Waals surface area (Å²) < 4.78 is 13.1. The number of furan rings is 1. The van der Waals surface area contributed by atoms with Gasteiger partial charge in [-0.05, 0) is 30.7 Å². The SMILES string of the molecule is CO[C@H]1CCN(C(=O)c2cccn2C)[C@@H]2CN(Cc3ccco3)C[C@H]12. The van der Waals surface area contributed by atoms with Crippen molar-refractivity contribution in [3.63, 3.8) is 0 Å². The molecule has 2 saturated heterocycles. The van der Waals surface area contributed by atoms with E-state index < -0.39 is 0 Å². The van der Waals surface area contributed by atoms with Crippen LogP contribution in [0.1, 0.15) is 22.7 Å². The number of carbonyl (C=O) groups excluding carboxylic acids is 1. The molecule has 6 heteroatoms. The first-order valence-electron chi connectivity index (χ1n) is 8.87. The number of rotatable bonds is 4. The standard InChI is InChI=1S/C19H25N3O3/c1-20-8-3-6-16(20)19(23)22-9-7-18(24-2)15-12-21(13-17(15)22)11-14-5-4-10-25-14/h3-6,8,10,15,17-18H,7,9,11-13H2,1-2H3/t15-,17+,18-/m0/s1. The van der Waals surface area contributed by atoms with Crippen molar-refractivity contribution < 1.29 is 13.9 Å². The highest BCUT2D eigenvalue weighted by molar-refractivity contribution is 5.93. The summed E-state index contributed by atoms with van der Waals surface area (Å²) in [6, 6.07) is 7.93. The number of methoxy groups -OCH3 is 1. The highest BCUT2D eigenvalue weighted by atomic mass is 16.5. The molecule has 1 amide bonds. The number of likely N-dealkylation sites (tertiary alicyclic amines) is 2. The number of hydrogen-bond donors (Lipinski definition) is 0. The fourth-order valence-electron chi connectivity index (χ4n) is 4.36. The second-order valence-corrected chi connectivity index (χ2v) is 7.07. The lowest BCUT2D eigenvalue weighted by Crippen LogP contribution is -2.53. The van der Waals surface area contributed by atoms with Crippen LogP contribution in [0, 0.1) is 5.92 Å². The monoisotopic (exact) mass is 343 g/mol. The van der Waals surface area contributed by atoms with Gasteiger partial charge in [-0.2, -0.15) is 0 Å². The molecule has 0 aromatic carbocycles. The summed E-state index contributed by atoms with van der Waals surface area (Å²) in [7, 11) is 3.70. The van der Waals surface area contributed by atoms with Crippen molar-refractivity contribution in [3.05, 3.63) is 48.2 Å². The van der Waals surface area contributed by atoms with E-state index >= 15 is 0 Å². The first kappa shape index (κ1) is 16.4. The van der Waals surface area contributed by atoms with Crippen molar-refractivity contribution in [1.82, 2.24) is 14.4 Å². The zero-order valence-electron chi connectivity index (χ0n) is 14.8. The van der Waals surface area contributed by atoms with E-state index in [1.54, 1.807) is 13.4 Å². The van der Waals surface area contributed by atoms with E-state index in [-0.39, 0.29) is 18.1 Å². The van der Waals surface area contributed by atoms with Crippen molar-refractivity contribution in [1.29, 1.82) is 0 Å². The summed E-state index contributed by atoms with van der Waals surface area (Å²) in [6.07, 6.45) is 4.73. The van der Waals surface area contributed by atoms with E-state index in [2.05, 4.69) is 9.80 Å². The number of carbonyl (C=O) groups is 1. The van der Waals surface area contributed by atoms with Crippen LogP contribution in [-0.2, 0) is 18.3 Å². The number of fused-ring (bicyclic) bond motifs is 1. The quantitative estimate of drug-likeness (QED) is 0.852. The van der Waals surface area contributed by atoms with Gasteiger partial charge in [0.05, 0.1) is 25.0 Å². The maximum absolute atomic E-state index is 13.1. The molecule has 3 atom stereocenters. The highest BCUT2D eigenvalue weighted by Gasteiger charge is 2.46. The van der Waals surface area contributed by atoms with Crippen molar-refractivity contribution in [2.45, 2.75) is 25.1 Å². The third kappa shape index (κ3) is 3.00. The minimum atomic E-state index is 0.122. The first-order valence-corrected chi connectivity index (χ1v) is 8.87. The van der Waals surface area contributed by atoms with E-state index in [1.165, 1.54) is 0 Å². The van der Waals surface area contributed by atoms with Crippen LogP contribution in [-0.4, -0.2) is 59.2 Å². The van der Waals surface area contributed by atoms with Crippen molar-refractivity contribution >= 4 is 5.91 Å². The molecule has 0 radical (unpaired) electrons. The van der Waals surface area contributed by atoms with Gasteiger partial charge in [-0.3, -0.25) is 9.69 Å². The Bertz CT molecular complexity index is 724. The Hall–Kier alpha value is -2.05. The minimum Gasteiger partial charge on any atom is -0.468 e. The zero-order chi connectivity index (χ0) is 17.4. The number of aromatic nitrogens is 1. The van der Waals surface area contributed by atoms with Gasteiger partial charge in [0, 0.05) is 45.9 Å². The summed E-state index contributed by atoms with van der Waals surface area (Å²) >= 11 is 0. The van der Waals surface area contributed by atoms with Crippen LogP contribution in [0.2, 0.25) is 0 Å². The van der Waals surface area contributed by atoms with Gasteiger partial charge < -0.3 is 18.6 Å². The fourth-order valence-corrected chi connectivity index (χ4v) is 4.36. The number of nitrogens with zero attached hydrogens (tertiary/aromatic N) is 3. The molecule has 2 aromatic heterocycles. The second kappa shape index (κ2) is 6.69. The van der Waals surface area contributed by atoms with Crippen LogP contribution in [0.5, 0.6) is 0 Å². The molecular weight excluding hydrogens is 318 g/mol. The molecule has 6 nitrogen and oxygen atoms in total. The Morgan fingerprint density at radius 3 is 2.88 bits per heavy atom. The van der Waals surface area contributed by atoms with Gasteiger partial charge in [0.15, 0.2) is 0 Å². The van der Waals surface area contributed by atoms with Gasteiger partial charge in [-0.25, -0.2) is 0 Å². The van der Waals surface area contributed by atoms with Crippen LogP contribution in [0.3, 0.4) is 0 Å². The maximum Gasteiger partial charge on any atom is 0.270 e. The maximum atomic E-state index is 13.1. The Kier molecular flexibility index (Phi) is 4.39. The van der Waals surface area contributed by atoms with E-state index in [4.69, 9.17) is 9.15 Å². The van der Waals surface area contributed by atoms with Gasteiger partial charge in [0.2, 0.25) is 0 Å². The molecule has 2 aromatic rings. The Labute approximate surface area is 147 Å². The molecule has 25 heavy (non-hydrogen) atoms. The van der Waals surface area contributed by atoms with Gasteiger partial charge in [0.1, 0.15) is 11.5 Å². The number of ether oxygens (including phenoxy) is 1. The van der Waals surface area contributed by atoms with E-state index in [1.807, 2.05) is 42.1 Å². The zero-order valence-corrected chi connectivity index (χ0v) is 14.8. The van der Waals surface area contributed by atoms with Crippen LogP contribution in [0.4, 0.5) is 0 Å². The number of piperidine rings is 1. The summed E-state index contributed by atoms with van der Waals surface area (Å²) in [4.78, 5) is 17.5. The second-order valence-electron chi connectivity index (χ2n) is 7.07. The summed E-state index contributed by atoms with van der Waals surface area (Å²) in [5.41, 5.74) is 0.749. The first-order chi connectivity index (χ1) is 12.2. The fraction of sp³-hybridized carbons (Fsp3) is 0.526. The average Bonchev–Trinajstić information content (AvgIpc) is 3.34. The van der Waals surface area contributed by atoms with Gasteiger partial charge in [-0.1, -0.05) is 0 Å². The molecule has 2 fully saturated rings. The number of aryl methyl sites for hydroxylation is 1. The van der Waals surface area contributed by atoms with E-state index in [9.17, 15) is 4.79 Å². The third-order valence-electron chi connectivity index (χ3n) is 5.63. The van der Waals surface area contributed by atoms with Gasteiger partial charge in [-0.15, -0.1) is 0 Å². The summed E-state index contributed by atoms with van der Waals surface area (Å²) in [5, 5.41) is 0. The summed E-state index contributed by atoms with van der Waals surface area (Å²) in [5.74, 6) is 1.43. The average molecular weight is 343 g/mol. The predicted octanol–water partition coefficient (Wildman–Crippen LogP) is 1.98. The molecule has 0 bridgehead atoms. The lowest BCUT2D eigenvalue weighted by Gasteiger charge is -2.41. The molecule has 2 aliphatic heterocycles. The molecule has 0 aliphatic carbocycles. The lowest BCUT2D eigenvalue weighted by molar-refractivity contribution is -0.0160. The summed E-state index contributed by atoms with van der Waals surface area (Å²) in [6.45, 7) is 3.32. The molecule has 134 valence electrons. The Morgan fingerprint density at radius 2 is 2.20 bits per heavy atom. The van der Waals surface area contributed by atoms with E-state index in [0.717, 1.165) is 44.1 Å². The van der Waals surface area contributed by atoms with Gasteiger partial charge >= 0.3 is 0 Å². The Balaban J connectivity index is 1.54. The molecule has 2 aliphatic rings. The molecule has 0 N–H and O–H groups in total. The predicted molar refractivity (Wildman–Crippen MR) is 93.1 cm³/mol. The van der Waals surface area contributed by atoms with Crippen LogP contribution < -0.4 is 0 Å². The molecule has 4 rings (SSSR count). The van der Waals surface area contributed by atoms with Crippen molar-refractivity contribution in [2.24, 2.45) is 13.0 Å². The van der Waals surface area contributed by atoms with Crippen LogP contribution >= 0.6 is 0 Å². The number of amides is 1. The smallest absolute Gasteiger partial charge is 0.270 e. The van der Waals surface area contributed by atoms with E-state index in [0.29, 0.717) is 5.92 Å². The minimum absolute atomic E-state index is 0.122. The molecule has 0 unspecified atom stereocenters. The highest BCUT2D eigenvalue weighted by Crippen LogP contribution is 2.34. The largest absolute Gasteiger partial charge is 0.468 e. The van der Waals surface area contributed by atoms with Crippen molar-refractivity contribution in [3.8, 4) is 0 Å². The van der Waals surface area contributed by atoms with Crippen molar-refractivity contribution in [2.75, 3.05) is 26.7 Å². The third-order valence-corrected chi connectivity index (χ3v) is 5.63. The molecule has 0 spiro atoms. The van der Waals surface area contributed by atoms with Crippen LogP contribution in [0.25, 0.3) is 0 Å². The van der Waals surface area contributed by atoms with Gasteiger partial charge in [0.25, 0.3) is 5.91 Å². The Morgan fingerprint density at radius 1 is 1.32 bits per heavy atom. The van der Waals surface area contributed by atoms with Crippen LogP contribution in [0.15, 0.2) is 41.1 Å².